The summed E-state index contributed by atoms with van der Waals surface area (Å²) in [6.45, 7) is 3.93. The Hall–Kier alpha value is -0.830. The van der Waals surface area contributed by atoms with Crippen LogP contribution in [0.25, 0.3) is 0 Å². The molecule has 0 saturated carbocycles. The molecule has 1 atom stereocenters. The fourth-order valence-electron chi connectivity index (χ4n) is 1.06. The molecule has 0 unspecified atom stereocenters. The van der Waals surface area contributed by atoms with Crippen molar-refractivity contribution in [3.05, 3.63) is 17.5 Å². The predicted octanol–water partition coefficient (Wildman–Crippen LogP) is 0.748. The lowest BCUT2D eigenvalue weighted by molar-refractivity contribution is 0.755. The molecule has 0 aliphatic rings. The first-order valence-electron chi connectivity index (χ1n) is 3.37. The summed E-state index contributed by atoms with van der Waals surface area (Å²) in [6, 6.07) is 0.0914. The summed E-state index contributed by atoms with van der Waals surface area (Å²) in [5, 5.41) is 4.17. The number of hydrogen-bond acceptors (Lipinski definition) is 2. The van der Waals surface area contributed by atoms with E-state index in [-0.39, 0.29) is 6.04 Å². The van der Waals surface area contributed by atoms with Crippen LogP contribution >= 0.6 is 0 Å². The second-order valence-corrected chi connectivity index (χ2v) is 2.63. The molecule has 56 valence electrons. The van der Waals surface area contributed by atoms with Gasteiger partial charge in [0.25, 0.3) is 0 Å². The number of nitrogens with two attached hydrogens (primary N) is 1. The van der Waals surface area contributed by atoms with Crippen LogP contribution in [0, 0.1) is 6.92 Å². The first-order chi connectivity index (χ1) is 4.61. The first kappa shape index (κ1) is 7.28. The summed E-state index contributed by atoms with van der Waals surface area (Å²) in [5.74, 6) is 0. The van der Waals surface area contributed by atoms with Crippen molar-refractivity contribution in [1.82, 2.24) is 9.78 Å². The van der Waals surface area contributed by atoms with Gasteiger partial charge in [-0.2, -0.15) is 5.10 Å². The molecule has 0 aliphatic carbocycles. The smallest absolute Gasteiger partial charge is 0.0641 e. The van der Waals surface area contributed by atoms with Gasteiger partial charge >= 0.3 is 0 Å². The van der Waals surface area contributed by atoms with E-state index in [0.717, 1.165) is 11.3 Å². The molecule has 10 heavy (non-hydrogen) atoms. The van der Waals surface area contributed by atoms with E-state index >= 15 is 0 Å². The molecule has 1 rings (SSSR count). The Labute approximate surface area is 60.8 Å². The highest BCUT2D eigenvalue weighted by Crippen LogP contribution is 2.11. The molecule has 3 heteroatoms. The third-order valence-electron chi connectivity index (χ3n) is 1.54. The summed E-state index contributed by atoms with van der Waals surface area (Å²) < 4.78 is 1.79. The number of rotatable bonds is 1. The minimum Gasteiger partial charge on any atom is -0.324 e. The van der Waals surface area contributed by atoms with Gasteiger partial charge in [-0.1, -0.05) is 0 Å². The quantitative estimate of drug-likeness (QED) is 0.624. The zero-order valence-corrected chi connectivity index (χ0v) is 6.63. The zero-order chi connectivity index (χ0) is 7.72. The third-order valence-corrected chi connectivity index (χ3v) is 1.54. The summed E-state index contributed by atoms with van der Waals surface area (Å²) in [7, 11) is 1.90. The fraction of sp³-hybridized carbons (Fsp3) is 0.571. The SMILES string of the molecule is Cc1nn(C)cc1[C@@H](C)N. The van der Waals surface area contributed by atoms with Gasteiger partial charge in [0.15, 0.2) is 0 Å². The van der Waals surface area contributed by atoms with Crippen molar-refractivity contribution in [2.75, 3.05) is 0 Å². The van der Waals surface area contributed by atoms with Crippen molar-refractivity contribution in [2.45, 2.75) is 19.9 Å². The molecular formula is C7H13N3. The normalized spacial score (nSPS) is 13.6. The van der Waals surface area contributed by atoms with Gasteiger partial charge in [-0.25, -0.2) is 0 Å². The van der Waals surface area contributed by atoms with E-state index in [2.05, 4.69) is 5.10 Å². The van der Waals surface area contributed by atoms with Gasteiger partial charge in [0.05, 0.1) is 5.69 Å². The number of aromatic nitrogens is 2. The van der Waals surface area contributed by atoms with E-state index in [9.17, 15) is 0 Å². The molecule has 0 aliphatic heterocycles. The summed E-state index contributed by atoms with van der Waals surface area (Å²) >= 11 is 0. The Bertz CT molecular complexity index is 225. The van der Waals surface area contributed by atoms with Crippen LogP contribution in [0.1, 0.15) is 24.2 Å². The van der Waals surface area contributed by atoms with Crippen molar-refractivity contribution in [3.63, 3.8) is 0 Å². The second kappa shape index (κ2) is 2.42. The van der Waals surface area contributed by atoms with Gasteiger partial charge in [0, 0.05) is 24.8 Å². The largest absolute Gasteiger partial charge is 0.324 e. The Morgan fingerprint density at radius 1 is 1.70 bits per heavy atom. The van der Waals surface area contributed by atoms with Crippen molar-refractivity contribution >= 4 is 0 Å². The van der Waals surface area contributed by atoms with Gasteiger partial charge in [-0.05, 0) is 13.8 Å². The second-order valence-electron chi connectivity index (χ2n) is 2.63. The zero-order valence-electron chi connectivity index (χ0n) is 6.63. The van der Waals surface area contributed by atoms with E-state index in [1.54, 1.807) is 4.68 Å². The van der Waals surface area contributed by atoms with Crippen LogP contribution in [0.4, 0.5) is 0 Å². The van der Waals surface area contributed by atoms with E-state index in [0.29, 0.717) is 0 Å². The number of aryl methyl sites for hydroxylation is 2. The van der Waals surface area contributed by atoms with E-state index in [4.69, 9.17) is 5.73 Å². The van der Waals surface area contributed by atoms with Gasteiger partial charge in [0.2, 0.25) is 0 Å². The van der Waals surface area contributed by atoms with Crippen molar-refractivity contribution in [1.29, 1.82) is 0 Å². The average molecular weight is 139 g/mol. The maximum Gasteiger partial charge on any atom is 0.0641 e. The van der Waals surface area contributed by atoms with Gasteiger partial charge < -0.3 is 5.73 Å². The lowest BCUT2D eigenvalue weighted by Crippen LogP contribution is -2.04. The molecule has 0 aromatic carbocycles. The highest BCUT2D eigenvalue weighted by Gasteiger charge is 2.05. The van der Waals surface area contributed by atoms with Crippen molar-refractivity contribution in [3.8, 4) is 0 Å². The fourth-order valence-corrected chi connectivity index (χ4v) is 1.06. The minimum absolute atomic E-state index is 0.0914. The maximum absolute atomic E-state index is 5.67. The third kappa shape index (κ3) is 1.19. The van der Waals surface area contributed by atoms with Gasteiger partial charge in [-0.15, -0.1) is 0 Å². The highest BCUT2D eigenvalue weighted by atomic mass is 15.2. The molecule has 0 bridgehead atoms. The van der Waals surface area contributed by atoms with E-state index in [1.807, 2.05) is 27.1 Å². The Morgan fingerprint density at radius 2 is 2.30 bits per heavy atom. The van der Waals surface area contributed by atoms with Crippen molar-refractivity contribution in [2.24, 2.45) is 12.8 Å². The van der Waals surface area contributed by atoms with Gasteiger partial charge in [-0.3, -0.25) is 4.68 Å². The van der Waals surface area contributed by atoms with Crippen LogP contribution in [-0.4, -0.2) is 9.78 Å². The minimum atomic E-state index is 0.0914. The molecule has 0 spiro atoms. The maximum atomic E-state index is 5.67. The Kier molecular flexibility index (Phi) is 1.76. The molecular weight excluding hydrogens is 126 g/mol. The van der Waals surface area contributed by atoms with Crippen LogP contribution in [0.3, 0.4) is 0 Å². The van der Waals surface area contributed by atoms with Crippen LogP contribution in [-0.2, 0) is 7.05 Å². The first-order valence-corrected chi connectivity index (χ1v) is 3.37. The molecule has 1 aromatic heterocycles. The molecule has 0 saturated heterocycles. The molecule has 1 heterocycles. The molecule has 1 aromatic rings. The van der Waals surface area contributed by atoms with Gasteiger partial charge in [0.1, 0.15) is 0 Å². The average Bonchev–Trinajstić information content (AvgIpc) is 2.10. The summed E-state index contributed by atoms with van der Waals surface area (Å²) in [5.41, 5.74) is 7.83. The Balaban J connectivity index is 3.03. The van der Waals surface area contributed by atoms with E-state index < -0.39 is 0 Å². The van der Waals surface area contributed by atoms with Crippen LogP contribution in [0.15, 0.2) is 6.20 Å². The molecule has 3 nitrogen and oxygen atoms in total. The topological polar surface area (TPSA) is 43.8 Å². The number of hydrogen-bond donors (Lipinski definition) is 1. The number of nitrogens with zero attached hydrogens (tertiary/aromatic N) is 2. The van der Waals surface area contributed by atoms with Crippen LogP contribution in [0.5, 0.6) is 0 Å². The predicted molar refractivity (Wildman–Crippen MR) is 40.5 cm³/mol. The molecule has 0 amide bonds. The summed E-state index contributed by atoms with van der Waals surface area (Å²) in [6.07, 6.45) is 1.96. The molecule has 0 radical (unpaired) electrons. The lowest BCUT2D eigenvalue weighted by atomic mass is 10.1. The van der Waals surface area contributed by atoms with E-state index in [1.165, 1.54) is 0 Å². The van der Waals surface area contributed by atoms with Crippen LogP contribution in [0.2, 0.25) is 0 Å². The highest BCUT2D eigenvalue weighted by molar-refractivity contribution is 5.18. The monoisotopic (exact) mass is 139 g/mol. The lowest BCUT2D eigenvalue weighted by Gasteiger charge is -1.99. The standard InChI is InChI=1S/C7H13N3/c1-5(8)7-4-10(3)9-6(7)2/h4-5H,8H2,1-3H3/t5-/m1/s1. The Morgan fingerprint density at radius 3 is 2.50 bits per heavy atom. The molecule has 0 fully saturated rings. The summed E-state index contributed by atoms with van der Waals surface area (Å²) in [4.78, 5) is 0. The molecule has 2 N–H and O–H groups in total. The van der Waals surface area contributed by atoms with Crippen molar-refractivity contribution < 1.29 is 0 Å². The van der Waals surface area contributed by atoms with Crippen LogP contribution < -0.4 is 5.73 Å².